The Morgan fingerprint density at radius 2 is 2.20 bits per heavy atom. The van der Waals surface area contributed by atoms with Gasteiger partial charge in [-0.25, -0.2) is 4.79 Å². The molecule has 1 amide bonds. The van der Waals surface area contributed by atoms with E-state index in [1.165, 1.54) is 0 Å². The van der Waals surface area contributed by atoms with Crippen molar-refractivity contribution in [3.8, 4) is 0 Å². The first kappa shape index (κ1) is 14.3. The lowest BCUT2D eigenvalue weighted by Gasteiger charge is -2.19. The number of amides is 1. The molecule has 2 rings (SSSR count). The van der Waals surface area contributed by atoms with Crippen LogP contribution in [0.4, 0.5) is 4.79 Å². The number of benzene rings is 1. The van der Waals surface area contributed by atoms with Crippen LogP contribution in [0.1, 0.15) is 12.0 Å². The van der Waals surface area contributed by atoms with Gasteiger partial charge in [-0.05, 0) is 12.0 Å². The average molecular weight is 277 g/mol. The van der Waals surface area contributed by atoms with E-state index in [0.29, 0.717) is 13.1 Å². The Labute approximate surface area is 117 Å². The van der Waals surface area contributed by atoms with Crippen LogP contribution >= 0.6 is 0 Å². The minimum Gasteiger partial charge on any atom is -0.444 e. The first-order valence-electron chi connectivity index (χ1n) is 6.61. The van der Waals surface area contributed by atoms with Crippen LogP contribution in [0.25, 0.3) is 0 Å². The van der Waals surface area contributed by atoms with Gasteiger partial charge >= 0.3 is 6.09 Å². The molecule has 1 aromatic carbocycles. The zero-order chi connectivity index (χ0) is 14.4. The topological polar surface area (TPSA) is 85.7 Å². The number of guanidine groups is 1. The number of ether oxygens (including phenoxy) is 1. The van der Waals surface area contributed by atoms with Crippen LogP contribution in [0.15, 0.2) is 30.3 Å². The van der Waals surface area contributed by atoms with E-state index in [-0.39, 0.29) is 25.1 Å². The smallest absolute Gasteiger partial charge is 0.414 e. The fraction of sp³-hybridized carbons (Fsp3) is 0.429. The van der Waals surface area contributed by atoms with Crippen LogP contribution < -0.4 is 5.32 Å². The molecule has 1 fully saturated rings. The van der Waals surface area contributed by atoms with Crippen molar-refractivity contribution in [2.75, 3.05) is 19.7 Å². The highest BCUT2D eigenvalue weighted by Gasteiger charge is 2.24. The van der Waals surface area contributed by atoms with Crippen LogP contribution in [-0.4, -0.2) is 41.8 Å². The third kappa shape index (κ3) is 3.96. The number of alkyl carbamates (subject to hydrolysis) is 1. The molecule has 20 heavy (non-hydrogen) atoms. The van der Waals surface area contributed by atoms with Gasteiger partial charge < -0.3 is 14.7 Å². The van der Waals surface area contributed by atoms with E-state index in [9.17, 15) is 4.79 Å². The molecule has 0 saturated carbocycles. The Morgan fingerprint density at radius 1 is 1.45 bits per heavy atom. The number of nitrogens with one attached hydrogen (secondary N) is 2. The zero-order valence-electron chi connectivity index (χ0n) is 11.2. The van der Waals surface area contributed by atoms with Gasteiger partial charge in [-0.2, -0.15) is 0 Å². The molecule has 6 nitrogen and oxygen atoms in total. The molecule has 0 bridgehead atoms. The van der Waals surface area contributed by atoms with Crippen molar-refractivity contribution in [1.29, 1.82) is 5.41 Å². The lowest BCUT2D eigenvalue weighted by molar-refractivity contribution is 0.144. The van der Waals surface area contributed by atoms with Crippen LogP contribution in [0.3, 0.4) is 0 Å². The fourth-order valence-corrected chi connectivity index (χ4v) is 2.12. The van der Waals surface area contributed by atoms with E-state index in [0.717, 1.165) is 12.0 Å². The molecular formula is C14H19N3O3. The summed E-state index contributed by atoms with van der Waals surface area (Å²) in [5.41, 5.74) is 0.899. The third-order valence-corrected chi connectivity index (χ3v) is 3.29. The average Bonchev–Trinajstić information content (AvgIpc) is 2.95. The van der Waals surface area contributed by atoms with E-state index in [4.69, 9.17) is 15.3 Å². The summed E-state index contributed by atoms with van der Waals surface area (Å²) in [5.74, 6) is 0.205. The molecule has 108 valence electrons. The van der Waals surface area contributed by atoms with Crippen LogP contribution in [-0.2, 0) is 11.3 Å². The molecule has 1 aliphatic rings. The number of nitrogens with zero attached hydrogens (tertiary/aromatic N) is 1. The Bertz CT molecular complexity index is 464. The van der Waals surface area contributed by atoms with Crippen molar-refractivity contribution >= 4 is 12.1 Å². The van der Waals surface area contributed by atoms with Gasteiger partial charge in [0.25, 0.3) is 0 Å². The Balaban J connectivity index is 1.73. The number of rotatable bonds is 3. The van der Waals surface area contributed by atoms with Crippen molar-refractivity contribution in [3.05, 3.63) is 35.9 Å². The summed E-state index contributed by atoms with van der Waals surface area (Å²) in [7, 11) is 0. The molecule has 1 unspecified atom stereocenters. The van der Waals surface area contributed by atoms with Gasteiger partial charge in [-0.15, -0.1) is 0 Å². The van der Waals surface area contributed by atoms with Gasteiger partial charge in [0, 0.05) is 25.6 Å². The molecule has 6 heteroatoms. The van der Waals surface area contributed by atoms with Gasteiger partial charge in [0.1, 0.15) is 6.61 Å². The van der Waals surface area contributed by atoms with Crippen molar-refractivity contribution in [2.45, 2.75) is 13.0 Å². The summed E-state index contributed by atoms with van der Waals surface area (Å²) in [6.07, 6.45) is 0.200. The van der Waals surface area contributed by atoms with Crippen LogP contribution in [0.2, 0.25) is 0 Å². The molecule has 0 aromatic heterocycles. The second-order valence-corrected chi connectivity index (χ2v) is 4.82. The van der Waals surface area contributed by atoms with Crippen LogP contribution in [0, 0.1) is 11.3 Å². The van der Waals surface area contributed by atoms with Crippen molar-refractivity contribution in [2.24, 2.45) is 5.92 Å². The standard InChI is InChI=1S/C14H19N3O3/c15-13(17-7-6-12(8-17)9-18)16-14(19)20-10-11-4-2-1-3-5-11/h1-5,12,18H,6-10H2,(H2,15,16,19). The van der Waals surface area contributed by atoms with E-state index in [1.807, 2.05) is 30.3 Å². The molecule has 1 heterocycles. The van der Waals surface area contributed by atoms with Gasteiger partial charge in [0.2, 0.25) is 5.96 Å². The molecule has 1 saturated heterocycles. The second-order valence-electron chi connectivity index (χ2n) is 4.82. The van der Waals surface area contributed by atoms with Gasteiger partial charge in [-0.1, -0.05) is 30.3 Å². The maximum Gasteiger partial charge on any atom is 0.414 e. The number of carbonyl (C=O) groups excluding carboxylic acids is 1. The Hall–Kier alpha value is -2.08. The SMILES string of the molecule is N=C(NC(=O)OCc1ccccc1)N1CCC(CO)C1. The van der Waals surface area contributed by atoms with E-state index in [2.05, 4.69) is 5.32 Å². The summed E-state index contributed by atoms with van der Waals surface area (Å²) in [5, 5.41) is 19.2. The number of hydrogen-bond donors (Lipinski definition) is 3. The number of likely N-dealkylation sites (tertiary alicyclic amines) is 1. The first-order chi connectivity index (χ1) is 9.69. The lowest BCUT2D eigenvalue weighted by atomic mass is 10.1. The predicted octanol–water partition coefficient (Wildman–Crippen LogP) is 1.16. The van der Waals surface area contributed by atoms with Crippen molar-refractivity contribution in [3.63, 3.8) is 0 Å². The lowest BCUT2D eigenvalue weighted by Crippen LogP contribution is -2.42. The molecule has 0 spiro atoms. The quantitative estimate of drug-likeness (QED) is 0.571. The molecule has 0 radical (unpaired) electrons. The van der Waals surface area contributed by atoms with Crippen molar-refractivity contribution < 1.29 is 14.6 Å². The Kier molecular flexibility index (Phi) is 4.95. The first-order valence-corrected chi connectivity index (χ1v) is 6.61. The second kappa shape index (κ2) is 6.91. The normalized spacial score (nSPS) is 17.9. The zero-order valence-corrected chi connectivity index (χ0v) is 11.2. The third-order valence-electron chi connectivity index (χ3n) is 3.29. The van der Waals surface area contributed by atoms with Crippen LogP contribution in [0.5, 0.6) is 0 Å². The van der Waals surface area contributed by atoms with Gasteiger partial charge in [-0.3, -0.25) is 10.7 Å². The monoisotopic (exact) mass is 277 g/mol. The van der Waals surface area contributed by atoms with E-state index >= 15 is 0 Å². The molecular weight excluding hydrogens is 258 g/mol. The summed E-state index contributed by atoms with van der Waals surface area (Å²) in [6.45, 7) is 1.55. The largest absolute Gasteiger partial charge is 0.444 e. The maximum absolute atomic E-state index is 11.6. The molecule has 1 atom stereocenters. The van der Waals surface area contributed by atoms with E-state index in [1.54, 1.807) is 4.90 Å². The molecule has 3 N–H and O–H groups in total. The molecule has 0 aliphatic carbocycles. The minimum absolute atomic E-state index is 0.0269. The van der Waals surface area contributed by atoms with Gasteiger partial charge in [0.15, 0.2) is 0 Å². The highest BCUT2D eigenvalue weighted by atomic mass is 16.5. The number of carbonyl (C=O) groups is 1. The predicted molar refractivity (Wildman–Crippen MR) is 74.3 cm³/mol. The van der Waals surface area contributed by atoms with E-state index < -0.39 is 6.09 Å². The summed E-state index contributed by atoms with van der Waals surface area (Å²) < 4.78 is 5.04. The highest BCUT2D eigenvalue weighted by Crippen LogP contribution is 2.14. The summed E-state index contributed by atoms with van der Waals surface area (Å²) in [4.78, 5) is 13.3. The highest BCUT2D eigenvalue weighted by molar-refractivity contribution is 5.92. The number of aliphatic hydroxyl groups is 1. The Morgan fingerprint density at radius 3 is 2.85 bits per heavy atom. The fourth-order valence-electron chi connectivity index (χ4n) is 2.12. The minimum atomic E-state index is -0.633. The molecule has 1 aliphatic heterocycles. The number of aliphatic hydroxyl groups excluding tert-OH is 1. The van der Waals surface area contributed by atoms with Gasteiger partial charge in [0.05, 0.1) is 0 Å². The summed E-state index contributed by atoms with van der Waals surface area (Å²) in [6, 6.07) is 9.37. The maximum atomic E-state index is 11.6. The summed E-state index contributed by atoms with van der Waals surface area (Å²) >= 11 is 0. The molecule has 1 aromatic rings. The van der Waals surface area contributed by atoms with Crippen molar-refractivity contribution in [1.82, 2.24) is 10.2 Å². The number of hydrogen-bond acceptors (Lipinski definition) is 4.